The Bertz CT molecular complexity index is 1140. The Hall–Kier alpha value is -2.35. The molecule has 7 nitrogen and oxygen atoms in total. The van der Waals surface area contributed by atoms with Crippen molar-refractivity contribution in [3.05, 3.63) is 34.6 Å². The Morgan fingerprint density at radius 2 is 2.03 bits per heavy atom. The molecule has 3 atom stereocenters. The maximum Gasteiger partial charge on any atom is 0.316 e. The van der Waals surface area contributed by atoms with Gasteiger partial charge in [0.05, 0.1) is 16.7 Å². The smallest absolute Gasteiger partial charge is 0.316 e. The minimum atomic E-state index is -0.226. The Labute approximate surface area is 179 Å². The molecular weight excluding hydrogens is 400 g/mol. The summed E-state index contributed by atoms with van der Waals surface area (Å²) in [6.45, 7) is 6.63. The first kappa shape index (κ1) is 20.9. The first-order valence-electron chi connectivity index (χ1n) is 10.5. The lowest BCUT2D eigenvalue weighted by Gasteiger charge is -2.36. The van der Waals surface area contributed by atoms with Gasteiger partial charge in [0.25, 0.3) is 5.56 Å². The van der Waals surface area contributed by atoms with Crippen molar-refractivity contribution >= 4 is 34.4 Å². The molecule has 0 spiro atoms. The summed E-state index contributed by atoms with van der Waals surface area (Å²) in [5.74, 6) is 1.89. The van der Waals surface area contributed by atoms with Crippen LogP contribution >= 0.6 is 11.8 Å². The molecule has 0 bridgehead atoms. The molecule has 160 valence electrons. The summed E-state index contributed by atoms with van der Waals surface area (Å²) < 4.78 is 9.21. The number of fused-ring (bicyclic) bond motifs is 3. The number of carbonyl (C=O) groups excluding carboxylic acids is 1. The average molecular weight is 429 g/mol. The number of benzene rings is 1. The summed E-state index contributed by atoms with van der Waals surface area (Å²) in [7, 11) is 1.68. The van der Waals surface area contributed by atoms with Crippen molar-refractivity contribution in [2.75, 3.05) is 5.75 Å². The fraction of sp³-hybridized carbons (Fsp3) is 0.545. The van der Waals surface area contributed by atoms with Crippen molar-refractivity contribution in [1.82, 2.24) is 19.2 Å². The number of aryl methyl sites for hydroxylation is 1. The molecule has 1 fully saturated rings. The highest BCUT2D eigenvalue weighted by molar-refractivity contribution is 7.99. The molecule has 8 heteroatoms. The topological polar surface area (TPSA) is 78.5 Å². The van der Waals surface area contributed by atoms with Crippen molar-refractivity contribution < 1.29 is 9.53 Å². The molecule has 0 aliphatic heterocycles. The largest absolute Gasteiger partial charge is 0.461 e. The van der Waals surface area contributed by atoms with E-state index in [0.29, 0.717) is 34.1 Å². The van der Waals surface area contributed by atoms with Crippen LogP contribution < -0.4 is 5.56 Å². The van der Waals surface area contributed by atoms with E-state index < -0.39 is 0 Å². The van der Waals surface area contributed by atoms with Gasteiger partial charge in [0.15, 0.2) is 5.16 Å². The summed E-state index contributed by atoms with van der Waals surface area (Å²) in [4.78, 5) is 25.2. The lowest BCUT2D eigenvalue weighted by atomic mass is 9.75. The van der Waals surface area contributed by atoms with Gasteiger partial charge in [-0.1, -0.05) is 51.1 Å². The highest BCUT2D eigenvalue weighted by Crippen LogP contribution is 2.35. The van der Waals surface area contributed by atoms with Crippen molar-refractivity contribution in [2.45, 2.75) is 51.3 Å². The summed E-state index contributed by atoms with van der Waals surface area (Å²) in [6, 6.07) is 7.36. The van der Waals surface area contributed by atoms with Gasteiger partial charge in [-0.25, -0.2) is 0 Å². The summed E-state index contributed by atoms with van der Waals surface area (Å²) >= 11 is 1.29. The normalized spacial score (nSPS) is 22.1. The molecule has 0 saturated heterocycles. The van der Waals surface area contributed by atoms with Gasteiger partial charge < -0.3 is 4.74 Å². The highest BCUT2D eigenvalue weighted by Gasteiger charge is 2.33. The molecule has 1 aliphatic carbocycles. The quantitative estimate of drug-likeness (QED) is 0.456. The molecule has 3 unspecified atom stereocenters. The van der Waals surface area contributed by atoms with Gasteiger partial charge in [-0.05, 0) is 42.7 Å². The average Bonchev–Trinajstić information content (AvgIpc) is 3.14. The molecule has 1 aromatic carbocycles. The van der Waals surface area contributed by atoms with Gasteiger partial charge in [-0.2, -0.15) is 0 Å². The fourth-order valence-corrected chi connectivity index (χ4v) is 5.20. The van der Waals surface area contributed by atoms with Crippen LogP contribution in [0.15, 0.2) is 34.2 Å². The van der Waals surface area contributed by atoms with Crippen LogP contribution in [0.5, 0.6) is 0 Å². The van der Waals surface area contributed by atoms with Crippen LogP contribution in [0.4, 0.5) is 0 Å². The molecule has 2 aromatic heterocycles. The second-order valence-electron chi connectivity index (χ2n) is 8.64. The van der Waals surface area contributed by atoms with Crippen molar-refractivity contribution in [1.29, 1.82) is 0 Å². The van der Waals surface area contributed by atoms with E-state index in [4.69, 9.17) is 4.74 Å². The number of para-hydroxylation sites is 1. The fourth-order valence-electron chi connectivity index (χ4n) is 4.48. The van der Waals surface area contributed by atoms with Crippen LogP contribution in [0, 0.1) is 17.8 Å². The Morgan fingerprint density at radius 1 is 1.27 bits per heavy atom. The first-order chi connectivity index (χ1) is 14.4. The maximum absolute atomic E-state index is 12.6. The SMILES string of the molecule is CC1CCC(C(C)C)C(OC(=O)CSc2nnc3n(C)c(=O)c4ccccc4n23)C1. The third-order valence-electron chi connectivity index (χ3n) is 6.16. The lowest BCUT2D eigenvalue weighted by Crippen LogP contribution is -2.36. The summed E-state index contributed by atoms with van der Waals surface area (Å²) in [5.41, 5.74) is 0.616. The second kappa shape index (κ2) is 8.41. The molecule has 1 aliphatic rings. The molecule has 0 N–H and O–H groups in total. The molecule has 3 aromatic rings. The monoisotopic (exact) mass is 428 g/mol. The van der Waals surface area contributed by atoms with Gasteiger partial charge in [-0.3, -0.25) is 18.6 Å². The van der Waals surface area contributed by atoms with Crippen molar-refractivity contribution in [3.8, 4) is 0 Å². The Morgan fingerprint density at radius 3 is 2.80 bits per heavy atom. The zero-order valence-corrected chi connectivity index (χ0v) is 18.7. The van der Waals surface area contributed by atoms with Crippen LogP contribution in [-0.4, -0.2) is 37.0 Å². The zero-order valence-electron chi connectivity index (χ0n) is 17.9. The summed E-state index contributed by atoms with van der Waals surface area (Å²) in [5, 5.41) is 9.57. The van der Waals surface area contributed by atoms with E-state index in [1.165, 1.54) is 22.7 Å². The summed E-state index contributed by atoms with van der Waals surface area (Å²) in [6.07, 6.45) is 3.22. The van der Waals surface area contributed by atoms with E-state index in [-0.39, 0.29) is 23.4 Å². The van der Waals surface area contributed by atoms with Crippen LogP contribution in [0.2, 0.25) is 0 Å². The maximum atomic E-state index is 12.6. The van der Waals surface area contributed by atoms with E-state index in [1.807, 2.05) is 22.6 Å². The first-order valence-corrected chi connectivity index (χ1v) is 11.5. The Kier molecular flexibility index (Phi) is 5.86. The van der Waals surface area contributed by atoms with Gasteiger partial charge in [0.1, 0.15) is 6.10 Å². The number of nitrogens with zero attached hydrogens (tertiary/aromatic N) is 4. The number of esters is 1. The lowest BCUT2D eigenvalue weighted by molar-refractivity contribution is -0.152. The van der Waals surface area contributed by atoms with E-state index in [9.17, 15) is 9.59 Å². The number of carbonyl (C=O) groups is 1. The number of ether oxygens (including phenoxy) is 1. The van der Waals surface area contributed by atoms with Gasteiger partial charge in [-0.15, -0.1) is 10.2 Å². The Balaban J connectivity index is 1.54. The number of hydrogen-bond donors (Lipinski definition) is 0. The molecule has 30 heavy (non-hydrogen) atoms. The zero-order chi connectivity index (χ0) is 21.4. The van der Waals surface area contributed by atoms with Crippen molar-refractivity contribution in [2.24, 2.45) is 24.8 Å². The van der Waals surface area contributed by atoms with Crippen molar-refractivity contribution in [3.63, 3.8) is 0 Å². The second-order valence-corrected chi connectivity index (χ2v) is 9.58. The number of hydrogen-bond acceptors (Lipinski definition) is 6. The van der Waals surface area contributed by atoms with E-state index in [2.05, 4.69) is 31.0 Å². The van der Waals surface area contributed by atoms with Crippen LogP contribution in [0.1, 0.15) is 40.0 Å². The van der Waals surface area contributed by atoms with E-state index >= 15 is 0 Å². The molecule has 0 amide bonds. The minimum absolute atomic E-state index is 0.0151. The third-order valence-corrected chi connectivity index (χ3v) is 7.06. The number of aromatic nitrogens is 4. The van der Waals surface area contributed by atoms with Crippen LogP contribution in [-0.2, 0) is 16.6 Å². The molecule has 4 rings (SSSR count). The molecule has 2 heterocycles. The van der Waals surface area contributed by atoms with Crippen LogP contribution in [0.25, 0.3) is 16.7 Å². The predicted octanol–water partition coefficient (Wildman–Crippen LogP) is 3.68. The van der Waals surface area contributed by atoms with Crippen LogP contribution in [0.3, 0.4) is 0 Å². The number of rotatable bonds is 5. The van der Waals surface area contributed by atoms with Gasteiger partial charge in [0, 0.05) is 7.05 Å². The minimum Gasteiger partial charge on any atom is -0.461 e. The highest BCUT2D eigenvalue weighted by atomic mass is 32.2. The van der Waals surface area contributed by atoms with E-state index in [1.54, 1.807) is 13.1 Å². The molecular formula is C22H28N4O3S. The standard InChI is InChI=1S/C22H28N4O3S/c1-13(2)15-10-9-14(3)11-18(15)29-19(27)12-30-22-24-23-21-25(4)20(28)16-7-5-6-8-17(16)26(21)22/h5-8,13-15,18H,9-12H2,1-4H3. The van der Waals surface area contributed by atoms with Gasteiger partial charge >= 0.3 is 5.97 Å². The molecule has 1 saturated carbocycles. The van der Waals surface area contributed by atoms with Gasteiger partial charge in [0.2, 0.25) is 5.78 Å². The predicted molar refractivity (Wildman–Crippen MR) is 118 cm³/mol. The third kappa shape index (κ3) is 3.85. The van der Waals surface area contributed by atoms with E-state index in [0.717, 1.165) is 18.4 Å². The molecule has 0 radical (unpaired) electrons. The number of thioether (sulfide) groups is 1.